The molecule has 3 aliphatic carbocycles. The number of carbonyl (C=O) groups is 1. The van der Waals surface area contributed by atoms with E-state index in [-0.39, 0.29) is 18.5 Å². The summed E-state index contributed by atoms with van der Waals surface area (Å²) in [6.45, 7) is 6.57. The van der Waals surface area contributed by atoms with Crippen molar-refractivity contribution in [2.24, 2.45) is 35.5 Å². The summed E-state index contributed by atoms with van der Waals surface area (Å²) in [6, 6.07) is 0.430. The molecule has 7 atom stereocenters. The highest BCUT2D eigenvalue weighted by atomic mass is 16.7. The molecule has 5 aliphatic rings. The minimum Gasteiger partial charge on any atom is -0.353 e. The SMILES string of the molecule is C[C@@H]1OC(C2CCC(C3CC3C(=O)NC3CCC4CNCCC4C3)CC2)O[C@H]1C. The summed E-state index contributed by atoms with van der Waals surface area (Å²) in [4.78, 5) is 12.9. The van der Waals surface area contributed by atoms with Crippen LogP contribution in [0.25, 0.3) is 0 Å². The monoisotopic (exact) mass is 404 g/mol. The summed E-state index contributed by atoms with van der Waals surface area (Å²) >= 11 is 0. The molecule has 2 aliphatic heterocycles. The van der Waals surface area contributed by atoms with Gasteiger partial charge in [0.25, 0.3) is 0 Å². The Labute approximate surface area is 176 Å². The van der Waals surface area contributed by atoms with Gasteiger partial charge in [0.15, 0.2) is 6.29 Å². The first-order valence-corrected chi connectivity index (χ1v) is 12.4. The van der Waals surface area contributed by atoms with Gasteiger partial charge in [0, 0.05) is 17.9 Å². The second kappa shape index (κ2) is 8.47. The molecule has 0 aromatic carbocycles. The first-order valence-electron chi connectivity index (χ1n) is 12.4. The van der Waals surface area contributed by atoms with E-state index in [0.29, 0.717) is 29.7 Å². The molecule has 5 heteroatoms. The van der Waals surface area contributed by atoms with E-state index >= 15 is 0 Å². The third-order valence-corrected chi connectivity index (χ3v) is 8.93. The summed E-state index contributed by atoms with van der Waals surface area (Å²) in [5, 5.41) is 6.98. The Kier molecular flexibility index (Phi) is 5.92. The highest BCUT2D eigenvalue weighted by molar-refractivity contribution is 5.81. The van der Waals surface area contributed by atoms with E-state index in [1.54, 1.807) is 0 Å². The van der Waals surface area contributed by atoms with Gasteiger partial charge in [0.05, 0.1) is 12.2 Å². The summed E-state index contributed by atoms with van der Waals surface area (Å²) in [5.74, 6) is 4.24. The van der Waals surface area contributed by atoms with Crippen LogP contribution in [-0.4, -0.2) is 43.5 Å². The Bertz CT molecular complexity index is 581. The minimum atomic E-state index is 0.00404. The van der Waals surface area contributed by atoms with Crippen molar-refractivity contribution >= 4 is 5.91 Å². The molecule has 0 spiro atoms. The first-order chi connectivity index (χ1) is 14.1. The van der Waals surface area contributed by atoms with Crippen molar-refractivity contribution in [1.29, 1.82) is 0 Å². The average molecular weight is 405 g/mol. The topological polar surface area (TPSA) is 59.6 Å². The summed E-state index contributed by atoms with van der Waals surface area (Å²) in [6.07, 6.45) is 11.4. The molecule has 0 radical (unpaired) electrons. The fourth-order valence-corrected chi connectivity index (χ4v) is 6.74. The van der Waals surface area contributed by atoms with Crippen molar-refractivity contribution in [3.05, 3.63) is 0 Å². The molecule has 2 saturated heterocycles. The van der Waals surface area contributed by atoms with Crippen LogP contribution in [0.15, 0.2) is 0 Å². The average Bonchev–Trinajstić information content (AvgIpc) is 3.47. The normalized spacial score (nSPS) is 48.1. The van der Waals surface area contributed by atoms with E-state index < -0.39 is 0 Å². The van der Waals surface area contributed by atoms with Crippen LogP contribution in [0.5, 0.6) is 0 Å². The number of amides is 1. The van der Waals surface area contributed by atoms with E-state index in [4.69, 9.17) is 9.47 Å². The van der Waals surface area contributed by atoms with Gasteiger partial charge in [-0.15, -0.1) is 0 Å². The number of hydrogen-bond acceptors (Lipinski definition) is 4. The quantitative estimate of drug-likeness (QED) is 0.753. The van der Waals surface area contributed by atoms with E-state index in [2.05, 4.69) is 24.5 Å². The standard InChI is InChI=1S/C24H40N2O3/c1-14-15(2)29-24(28-14)17-5-3-16(4-6-17)21-12-22(21)23(27)26-20-8-7-19-13-25-10-9-18(19)11-20/h14-22,24-25H,3-13H2,1-2H3,(H,26,27)/t14-,15-,16?,17?,18?,19?,20?,21?,22?/m0/s1. The largest absolute Gasteiger partial charge is 0.353 e. The van der Waals surface area contributed by atoms with E-state index in [9.17, 15) is 4.79 Å². The molecule has 164 valence electrons. The van der Waals surface area contributed by atoms with Gasteiger partial charge in [-0.25, -0.2) is 0 Å². The van der Waals surface area contributed by atoms with Crippen LogP contribution in [0, 0.1) is 35.5 Å². The zero-order valence-corrected chi connectivity index (χ0v) is 18.3. The molecule has 5 fully saturated rings. The molecule has 2 N–H and O–H groups in total. The Balaban J connectivity index is 1.05. The molecule has 0 bridgehead atoms. The van der Waals surface area contributed by atoms with Gasteiger partial charge in [0.1, 0.15) is 0 Å². The van der Waals surface area contributed by atoms with Gasteiger partial charge in [-0.2, -0.15) is 0 Å². The number of fused-ring (bicyclic) bond motifs is 1. The van der Waals surface area contributed by atoms with Crippen LogP contribution in [0.2, 0.25) is 0 Å². The van der Waals surface area contributed by atoms with Crippen molar-refractivity contribution < 1.29 is 14.3 Å². The number of carbonyl (C=O) groups excluding carboxylic acids is 1. The van der Waals surface area contributed by atoms with Crippen LogP contribution in [-0.2, 0) is 14.3 Å². The molecule has 5 nitrogen and oxygen atoms in total. The van der Waals surface area contributed by atoms with Gasteiger partial charge in [0.2, 0.25) is 5.91 Å². The van der Waals surface area contributed by atoms with Gasteiger partial charge < -0.3 is 20.1 Å². The van der Waals surface area contributed by atoms with E-state index in [1.807, 2.05) is 0 Å². The van der Waals surface area contributed by atoms with Crippen molar-refractivity contribution in [3.8, 4) is 0 Å². The van der Waals surface area contributed by atoms with Gasteiger partial charge in [-0.05, 0) is 108 Å². The fraction of sp³-hybridized carbons (Fsp3) is 0.958. The number of nitrogens with one attached hydrogen (secondary N) is 2. The van der Waals surface area contributed by atoms with Crippen LogP contribution in [0.4, 0.5) is 0 Å². The molecule has 5 rings (SSSR count). The first kappa shape index (κ1) is 20.3. The Morgan fingerprint density at radius 1 is 0.828 bits per heavy atom. The summed E-state index contributed by atoms with van der Waals surface area (Å²) in [7, 11) is 0. The number of ether oxygens (including phenoxy) is 2. The number of piperidine rings is 1. The maximum Gasteiger partial charge on any atom is 0.223 e. The smallest absolute Gasteiger partial charge is 0.223 e. The third kappa shape index (κ3) is 4.38. The second-order valence-corrected chi connectivity index (χ2v) is 10.8. The third-order valence-electron chi connectivity index (χ3n) is 8.93. The molecule has 29 heavy (non-hydrogen) atoms. The highest BCUT2D eigenvalue weighted by Gasteiger charge is 2.49. The fourth-order valence-electron chi connectivity index (χ4n) is 6.74. The Morgan fingerprint density at radius 3 is 2.28 bits per heavy atom. The molecule has 0 aromatic heterocycles. The van der Waals surface area contributed by atoms with Gasteiger partial charge >= 0.3 is 0 Å². The van der Waals surface area contributed by atoms with Crippen LogP contribution in [0.3, 0.4) is 0 Å². The lowest BCUT2D eigenvalue weighted by atomic mass is 9.73. The molecule has 1 amide bonds. The summed E-state index contributed by atoms with van der Waals surface area (Å²) in [5.41, 5.74) is 0. The van der Waals surface area contributed by atoms with Crippen molar-refractivity contribution in [2.75, 3.05) is 13.1 Å². The predicted molar refractivity (Wildman–Crippen MR) is 112 cm³/mol. The lowest BCUT2D eigenvalue weighted by Crippen LogP contribution is -2.46. The maximum absolute atomic E-state index is 12.9. The van der Waals surface area contributed by atoms with Crippen molar-refractivity contribution in [3.63, 3.8) is 0 Å². The lowest BCUT2D eigenvalue weighted by Gasteiger charge is -2.39. The maximum atomic E-state index is 12.9. The lowest BCUT2D eigenvalue weighted by molar-refractivity contribution is -0.124. The highest BCUT2D eigenvalue weighted by Crippen LogP contribution is 2.51. The molecular weight excluding hydrogens is 364 g/mol. The predicted octanol–water partition coefficient (Wildman–Crippen LogP) is 3.47. The summed E-state index contributed by atoms with van der Waals surface area (Å²) < 4.78 is 12.0. The van der Waals surface area contributed by atoms with Gasteiger partial charge in [-0.1, -0.05) is 0 Å². The zero-order valence-electron chi connectivity index (χ0n) is 18.3. The van der Waals surface area contributed by atoms with Crippen LogP contribution >= 0.6 is 0 Å². The van der Waals surface area contributed by atoms with Crippen molar-refractivity contribution in [2.45, 2.75) is 96.2 Å². The molecule has 2 heterocycles. The number of hydrogen-bond donors (Lipinski definition) is 2. The Morgan fingerprint density at radius 2 is 1.52 bits per heavy atom. The van der Waals surface area contributed by atoms with Crippen LogP contribution in [0.1, 0.15) is 71.6 Å². The second-order valence-electron chi connectivity index (χ2n) is 10.8. The van der Waals surface area contributed by atoms with E-state index in [1.165, 1.54) is 57.9 Å². The minimum absolute atomic E-state index is 0.00404. The van der Waals surface area contributed by atoms with Gasteiger partial charge in [-0.3, -0.25) is 4.79 Å². The molecule has 5 unspecified atom stereocenters. The molecule has 3 saturated carbocycles. The molecular formula is C24H40N2O3. The Hall–Kier alpha value is -0.650. The molecule has 0 aromatic rings. The van der Waals surface area contributed by atoms with E-state index in [0.717, 1.165) is 30.7 Å². The number of rotatable bonds is 4. The van der Waals surface area contributed by atoms with Crippen molar-refractivity contribution in [1.82, 2.24) is 10.6 Å². The zero-order chi connectivity index (χ0) is 20.0. The van der Waals surface area contributed by atoms with Crippen LogP contribution < -0.4 is 10.6 Å².